The SMILES string of the molecule is CN(C)C(=O)CN=C(NCC1CCCCC1)NC1CCc2ncnn2C1.I. The molecule has 2 N–H and O–H groups in total. The Bertz CT molecular complexity index is 625. The number of aliphatic imine (C=N–C) groups is 1. The molecule has 0 bridgehead atoms. The summed E-state index contributed by atoms with van der Waals surface area (Å²) in [5.74, 6) is 2.48. The average molecular weight is 489 g/mol. The Balaban J connectivity index is 0.00000261. The Morgan fingerprint density at radius 1 is 1.30 bits per heavy atom. The van der Waals surface area contributed by atoms with Crippen LogP contribution in [0.1, 0.15) is 44.3 Å². The largest absolute Gasteiger partial charge is 0.356 e. The topological polar surface area (TPSA) is 87.4 Å². The van der Waals surface area contributed by atoms with Crippen LogP contribution in [0.15, 0.2) is 11.3 Å². The molecule has 1 fully saturated rings. The number of hydrogen-bond acceptors (Lipinski definition) is 4. The van der Waals surface area contributed by atoms with Crippen molar-refractivity contribution in [3.05, 3.63) is 12.2 Å². The molecule has 1 aliphatic heterocycles. The standard InChI is InChI=1S/C18H31N7O.HI/c1-24(2)17(26)11-20-18(19-10-14-6-4-3-5-7-14)23-15-8-9-16-21-13-22-25(16)12-15;/h13-15H,3-12H2,1-2H3,(H2,19,20,23);1H. The summed E-state index contributed by atoms with van der Waals surface area (Å²) in [5.41, 5.74) is 0. The second kappa shape index (κ2) is 10.8. The highest BCUT2D eigenvalue weighted by atomic mass is 127. The fraction of sp³-hybridized carbons (Fsp3) is 0.778. The van der Waals surface area contributed by atoms with Gasteiger partial charge in [-0.1, -0.05) is 19.3 Å². The number of carbonyl (C=O) groups is 1. The van der Waals surface area contributed by atoms with Gasteiger partial charge in [0.15, 0.2) is 5.96 Å². The van der Waals surface area contributed by atoms with Crippen LogP contribution in [0.2, 0.25) is 0 Å². The Hall–Kier alpha value is -1.39. The van der Waals surface area contributed by atoms with E-state index in [1.165, 1.54) is 32.1 Å². The van der Waals surface area contributed by atoms with Crippen molar-refractivity contribution in [3.63, 3.8) is 0 Å². The highest BCUT2D eigenvalue weighted by Gasteiger charge is 2.21. The minimum absolute atomic E-state index is 0. The Labute approximate surface area is 178 Å². The first-order valence-corrected chi connectivity index (χ1v) is 9.73. The normalized spacial score (nSPS) is 20.4. The van der Waals surface area contributed by atoms with Crippen LogP contribution in [0.5, 0.6) is 0 Å². The molecule has 9 heteroatoms. The quantitative estimate of drug-likeness (QED) is 0.371. The molecule has 1 aromatic rings. The summed E-state index contributed by atoms with van der Waals surface area (Å²) in [5, 5.41) is 11.2. The monoisotopic (exact) mass is 489 g/mol. The number of carbonyl (C=O) groups excluding carboxylic acids is 1. The van der Waals surface area contributed by atoms with Gasteiger partial charge in [0.2, 0.25) is 5.91 Å². The highest BCUT2D eigenvalue weighted by molar-refractivity contribution is 14.0. The number of nitrogens with one attached hydrogen (secondary N) is 2. The molecule has 1 amide bonds. The van der Waals surface area contributed by atoms with Gasteiger partial charge in [0.1, 0.15) is 18.7 Å². The van der Waals surface area contributed by atoms with E-state index < -0.39 is 0 Å². The average Bonchev–Trinajstić information content (AvgIpc) is 3.12. The second-order valence-corrected chi connectivity index (χ2v) is 7.58. The van der Waals surface area contributed by atoms with E-state index in [2.05, 4.69) is 25.7 Å². The number of aryl methyl sites for hydroxylation is 1. The molecular formula is C18H32IN7O. The molecular weight excluding hydrogens is 457 g/mol. The smallest absolute Gasteiger partial charge is 0.243 e. The van der Waals surface area contributed by atoms with E-state index in [-0.39, 0.29) is 42.5 Å². The van der Waals surface area contributed by atoms with Gasteiger partial charge in [0, 0.05) is 33.1 Å². The van der Waals surface area contributed by atoms with Crippen molar-refractivity contribution in [2.24, 2.45) is 10.9 Å². The minimum Gasteiger partial charge on any atom is -0.356 e. The van der Waals surface area contributed by atoms with Crippen LogP contribution in [0, 0.1) is 5.92 Å². The molecule has 1 aliphatic carbocycles. The lowest BCUT2D eigenvalue weighted by Gasteiger charge is -2.27. The Morgan fingerprint density at radius 2 is 2.07 bits per heavy atom. The number of halogens is 1. The lowest BCUT2D eigenvalue weighted by Crippen LogP contribution is -2.48. The molecule has 0 aromatic carbocycles. The van der Waals surface area contributed by atoms with E-state index in [1.807, 2.05) is 4.68 Å². The summed E-state index contributed by atoms with van der Waals surface area (Å²) in [6.45, 7) is 1.86. The molecule has 1 unspecified atom stereocenters. The number of aromatic nitrogens is 3. The molecule has 0 saturated heterocycles. The van der Waals surface area contributed by atoms with Crippen LogP contribution in [0.3, 0.4) is 0 Å². The molecule has 2 heterocycles. The summed E-state index contributed by atoms with van der Waals surface area (Å²) in [6.07, 6.45) is 10.1. The van der Waals surface area contributed by atoms with Crippen LogP contribution >= 0.6 is 24.0 Å². The zero-order valence-corrected chi connectivity index (χ0v) is 18.7. The van der Waals surface area contributed by atoms with Crippen molar-refractivity contribution in [1.29, 1.82) is 0 Å². The van der Waals surface area contributed by atoms with Gasteiger partial charge in [-0.15, -0.1) is 24.0 Å². The third-order valence-electron chi connectivity index (χ3n) is 5.30. The number of hydrogen-bond donors (Lipinski definition) is 2. The Morgan fingerprint density at radius 3 is 2.81 bits per heavy atom. The van der Waals surface area contributed by atoms with Crippen molar-refractivity contribution in [2.45, 2.75) is 57.5 Å². The molecule has 1 saturated carbocycles. The molecule has 0 spiro atoms. The maximum atomic E-state index is 11.9. The molecule has 27 heavy (non-hydrogen) atoms. The lowest BCUT2D eigenvalue weighted by atomic mass is 9.89. The van der Waals surface area contributed by atoms with Gasteiger partial charge in [-0.2, -0.15) is 5.10 Å². The lowest BCUT2D eigenvalue weighted by molar-refractivity contribution is -0.127. The van der Waals surface area contributed by atoms with E-state index in [4.69, 9.17) is 0 Å². The van der Waals surface area contributed by atoms with Crippen molar-refractivity contribution in [3.8, 4) is 0 Å². The van der Waals surface area contributed by atoms with Crippen molar-refractivity contribution in [1.82, 2.24) is 30.3 Å². The van der Waals surface area contributed by atoms with Gasteiger partial charge in [0.05, 0.1) is 6.54 Å². The van der Waals surface area contributed by atoms with E-state index in [9.17, 15) is 4.79 Å². The van der Waals surface area contributed by atoms with Crippen molar-refractivity contribution in [2.75, 3.05) is 27.2 Å². The number of likely N-dealkylation sites (N-methyl/N-ethyl adjacent to an activating group) is 1. The fourth-order valence-corrected chi connectivity index (χ4v) is 3.62. The molecule has 1 atom stereocenters. The third-order valence-corrected chi connectivity index (χ3v) is 5.30. The predicted molar refractivity (Wildman–Crippen MR) is 116 cm³/mol. The summed E-state index contributed by atoms with van der Waals surface area (Å²) < 4.78 is 1.95. The van der Waals surface area contributed by atoms with Gasteiger partial charge in [-0.3, -0.25) is 4.79 Å². The summed E-state index contributed by atoms with van der Waals surface area (Å²) in [6, 6.07) is 0.247. The summed E-state index contributed by atoms with van der Waals surface area (Å²) in [7, 11) is 3.52. The molecule has 1 aromatic heterocycles. The molecule has 0 radical (unpaired) electrons. The zero-order chi connectivity index (χ0) is 18.4. The maximum absolute atomic E-state index is 11.9. The van der Waals surface area contributed by atoms with Crippen LogP contribution in [-0.4, -0.2) is 64.8 Å². The van der Waals surface area contributed by atoms with Crippen LogP contribution < -0.4 is 10.6 Å². The first-order chi connectivity index (χ1) is 12.6. The zero-order valence-electron chi connectivity index (χ0n) is 16.4. The van der Waals surface area contributed by atoms with Crippen LogP contribution in [0.25, 0.3) is 0 Å². The summed E-state index contributed by atoms with van der Waals surface area (Å²) >= 11 is 0. The van der Waals surface area contributed by atoms with E-state index >= 15 is 0 Å². The van der Waals surface area contributed by atoms with E-state index in [1.54, 1.807) is 25.3 Å². The van der Waals surface area contributed by atoms with Gasteiger partial charge >= 0.3 is 0 Å². The number of guanidine groups is 1. The van der Waals surface area contributed by atoms with Gasteiger partial charge in [-0.05, 0) is 25.2 Å². The second-order valence-electron chi connectivity index (χ2n) is 7.58. The van der Waals surface area contributed by atoms with Crippen molar-refractivity contribution < 1.29 is 4.79 Å². The molecule has 8 nitrogen and oxygen atoms in total. The number of amides is 1. The van der Waals surface area contributed by atoms with E-state index in [0.29, 0.717) is 5.92 Å². The highest BCUT2D eigenvalue weighted by Crippen LogP contribution is 2.22. The first kappa shape index (κ1) is 21.9. The van der Waals surface area contributed by atoms with Crippen LogP contribution in [-0.2, 0) is 17.8 Å². The Kier molecular flexibility index (Phi) is 8.78. The number of nitrogens with zero attached hydrogens (tertiary/aromatic N) is 5. The predicted octanol–water partition coefficient (Wildman–Crippen LogP) is 1.41. The molecule has 2 aliphatic rings. The van der Waals surface area contributed by atoms with Crippen molar-refractivity contribution >= 4 is 35.8 Å². The first-order valence-electron chi connectivity index (χ1n) is 9.73. The molecule has 3 rings (SSSR count). The third kappa shape index (κ3) is 6.62. The summed E-state index contributed by atoms with van der Waals surface area (Å²) in [4.78, 5) is 22.3. The van der Waals surface area contributed by atoms with Gasteiger partial charge in [-0.25, -0.2) is 14.7 Å². The maximum Gasteiger partial charge on any atom is 0.243 e. The van der Waals surface area contributed by atoms with E-state index in [0.717, 1.165) is 37.7 Å². The fourth-order valence-electron chi connectivity index (χ4n) is 3.62. The van der Waals surface area contributed by atoms with Gasteiger partial charge in [0.25, 0.3) is 0 Å². The number of rotatable bonds is 5. The minimum atomic E-state index is 0. The van der Waals surface area contributed by atoms with Gasteiger partial charge < -0.3 is 15.5 Å². The van der Waals surface area contributed by atoms with Crippen LogP contribution in [0.4, 0.5) is 0 Å². The molecule has 152 valence electrons. The number of fused-ring (bicyclic) bond motifs is 1.